The summed E-state index contributed by atoms with van der Waals surface area (Å²) in [5, 5.41) is 14.7. The summed E-state index contributed by atoms with van der Waals surface area (Å²) < 4.78 is 0. The van der Waals surface area contributed by atoms with Gasteiger partial charge in [-0.2, -0.15) is 0 Å². The minimum Gasteiger partial charge on any atom is -0.308 e. The lowest BCUT2D eigenvalue weighted by Crippen LogP contribution is -2.58. The standard InChI is InChI=1S/C24H26ClN5O2/c1-16-3-11-20(12-4-16)27-23(31)29-22(26-15-18-7-9-19(25)10-8-18)30-24(32)28-21-13-5-17(2)6-14-21/h3-14,22,26H,15H2,1-2H3,(H2,27,29,31)(H2,28,30,32). The van der Waals surface area contributed by atoms with Crippen molar-refractivity contribution in [1.82, 2.24) is 16.0 Å². The van der Waals surface area contributed by atoms with Crippen molar-refractivity contribution < 1.29 is 9.59 Å². The van der Waals surface area contributed by atoms with Gasteiger partial charge in [-0.3, -0.25) is 5.32 Å². The third-order valence-electron chi connectivity index (χ3n) is 4.59. The van der Waals surface area contributed by atoms with E-state index in [0.29, 0.717) is 22.9 Å². The fourth-order valence-electron chi connectivity index (χ4n) is 2.83. The van der Waals surface area contributed by atoms with Gasteiger partial charge in [-0.15, -0.1) is 0 Å². The van der Waals surface area contributed by atoms with Gasteiger partial charge >= 0.3 is 12.1 Å². The molecule has 7 nitrogen and oxygen atoms in total. The first kappa shape index (κ1) is 23.1. The predicted octanol–water partition coefficient (Wildman–Crippen LogP) is 4.97. The Hall–Kier alpha value is -3.55. The van der Waals surface area contributed by atoms with Gasteiger partial charge in [-0.05, 0) is 55.8 Å². The number of anilines is 2. The first-order valence-corrected chi connectivity index (χ1v) is 10.5. The molecule has 3 rings (SSSR count). The lowest BCUT2D eigenvalue weighted by Gasteiger charge is -2.22. The van der Waals surface area contributed by atoms with Crippen LogP contribution in [0.25, 0.3) is 0 Å². The lowest BCUT2D eigenvalue weighted by atomic mass is 10.2. The van der Waals surface area contributed by atoms with E-state index in [-0.39, 0.29) is 0 Å². The molecule has 0 aliphatic heterocycles. The van der Waals surface area contributed by atoms with Gasteiger partial charge in [0.05, 0.1) is 0 Å². The maximum atomic E-state index is 12.5. The number of benzene rings is 3. The van der Waals surface area contributed by atoms with E-state index in [4.69, 9.17) is 11.6 Å². The summed E-state index contributed by atoms with van der Waals surface area (Å²) in [5.41, 5.74) is 4.42. The Labute approximate surface area is 192 Å². The molecule has 3 aromatic rings. The highest BCUT2D eigenvalue weighted by Gasteiger charge is 2.15. The molecule has 0 aliphatic carbocycles. The Morgan fingerprint density at radius 3 is 1.59 bits per heavy atom. The average molecular weight is 452 g/mol. The van der Waals surface area contributed by atoms with Crippen LogP contribution in [0.5, 0.6) is 0 Å². The molecule has 0 fully saturated rings. The second kappa shape index (κ2) is 11.2. The van der Waals surface area contributed by atoms with Crippen molar-refractivity contribution in [2.75, 3.05) is 10.6 Å². The number of hydrogen-bond donors (Lipinski definition) is 5. The van der Waals surface area contributed by atoms with Crippen LogP contribution in [-0.4, -0.2) is 18.4 Å². The molecule has 0 spiro atoms. The van der Waals surface area contributed by atoms with E-state index < -0.39 is 18.4 Å². The second-order valence-corrected chi connectivity index (χ2v) is 7.81. The highest BCUT2D eigenvalue weighted by molar-refractivity contribution is 6.30. The topological polar surface area (TPSA) is 94.3 Å². The van der Waals surface area contributed by atoms with E-state index in [1.54, 1.807) is 12.1 Å². The van der Waals surface area contributed by atoms with Crippen LogP contribution in [0.15, 0.2) is 72.8 Å². The van der Waals surface area contributed by atoms with Crippen LogP contribution in [0.2, 0.25) is 5.02 Å². The third-order valence-corrected chi connectivity index (χ3v) is 4.85. The quantitative estimate of drug-likeness (QED) is 0.328. The monoisotopic (exact) mass is 451 g/mol. The molecule has 0 aliphatic rings. The molecule has 0 unspecified atom stereocenters. The Morgan fingerprint density at radius 2 is 1.16 bits per heavy atom. The summed E-state index contributed by atoms with van der Waals surface area (Å²) in [6.07, 6.45) is -0.832. The number of nitrogens with one attached hydrogen (secondary N) is 5. The SMILES string of the molecule is Cc1ccc(NC(=O)NC(NCc2ccc(Cl)cc2)NC(=O)Nc2ccc(C)cc2)cc1. The molecular weight excluding hydrogens is 426 g/mol. The summed E-state index contributed by atoms with van der Waals surface area (Å²) in [6, 6.07) is 21.2. The molecule has 0 aromatic heterocycles. The first-order chi connectivity index (χ1) is 15.4. The molecule has 4 amide bonds. The molecule has 0 atom stereocenters. The van der Waals surface area contributed by atoms with Gasteiger partial charge < -0.3 is 21.3 Å². The van der Waals surface area contributed by atoms with Crippen LogP contribution < -0.4 is 26.6 Å². The summed E-state index contributed by atoms with van der Waals surface area (Å²) in [6.45, 7) is 4.34. The smallest absolute Gasteiger partial charge is 0.308 e. The number of urea groups is 2. The van der Waals surface area contributed by atoms with Crippen molar-refractivity contribution in [2.24, 2.45) is 0 Å². The largest absolute Gasteiger partial charge is 0.321 e. The number of aryl methyl sites for hydroxylation is 2. The van der Waals surface area contributed by atoms with Gasteiger partial charge in [0.2, 0.25) is 0 Å². The van der Waals surface area contributed by atoms with Crippen molar-refractivity contribution in [3.05, 3.63) is 94.5 Å². The van der Waals surface area contributed by atoms with Gasteiger partial charge in [0.1, 0.15) is 0 Å². The van der Waals surface area contributed by atoms with E-state index in [2.05, 4.69) is 26.6 Å². The van der Waals surface area contributed by atoms with Crippen LogP contribution in [-0.2, 0) is 6.54 Å². The number of carbonyl (C=O) groups is 2. The summed E-state index contributed by atoms with van der Waals surface area (Å²) in [4.78, 5) is 25.0. The zero-order valence-electron chi connectivity index (χ0n) is 17.9. The second-order valence-electron chi connectivity index (χ2n) is 7.37. The molecule has 0 bridgehead atoms. The van der Waals surface area contributed by atoms with Gasteiger partial charge in [0, 0.05) is 22.9 Å². The minimum atomic E-state index is -0.832. The van der Waals surface area contributed by atoms with Crippen LogP contribution in [0.1, 0.15) is 16.7 Å². The van der Waals surface area contributed by atoms with Crippen LogP contribution in [0.4, 0.5) is 21.0 Å². The Balaban J connectivity index is 1.62. The van der Waals surface area contributed by atoms with Gasteiger partial charge in [0.25, 0.3) is 0 Å². The van der Waals surface area contributed by atoms with E-state index in [9.17, 15) is 9.59 Å². The number of amides is 4. The number of hydrogen-bond acceptors (Lipinski definition) is 3. The van der Waals surface area contributed by atoms with E-state index >= 15 is 0 Å². The van der Waals surface area contributed by atoms with Crippen molar-refractivity contribution in [3.8, 4) is 0 Å². The van der Waals surface area contributed by atoms with Crippen LogP contribution in [0.3, 0.4) is 0 Å². The Morgan fingerprint density at radius 1 is 0.719 bits per heavy atom. The molecule has 32 heavy (non-hydrogen) atoms. The third kappa shape index (κ3) is 7.61. The molecule has 0 heterocycles. The molecular formula is C24H26ClN5O2. The van der Waals surface area contributed by atoms with Crippen molar-refractivity contribution in [3.63, 3.8) is 0 Å². The van der Waals surface area contributed by atoms with E-state index in [0.717, 1.165) is 16.7 Å². The number of carbonyl (C=O) groups excluding carboxylic acids is 2. The van der Waals surface area contributed by atoms with Crippen LogP contribution >= 0.6 is 11.6 Å². The van der Waals surface area contributed by atoms with Crippen molar-refractivity contribution in [1.29, 1.82) is 0 Å². The minimum absolute atomic E-state index is 0.400. The van der Waals surface area contributed by atoms with Crippen molar-refractivity contribution >= 4 is 35.0 Å². The molecule has 8 heteroatoms. The lowest BCUT2D eigenvalue weighted by molar-refractivity contribution is 0.232. The molecule has 166 valence electrons. The Kier molecular flexibility index (Phi) is 8.08. The molecule has 0 radical (unpaired) electrons. The number of halogens is 1. The van der Waals surface area contributed by atoms with E-state index in [1.807, 2.05) is 74.5 Å². The highest BCUT2D eigenvalue weighted by Crippen LogP contribution is 2.11. The summed E-state index contributed by atoms with van der Waals surface area (Å²) in [5.74, 6) is 0. The van der Waals surface area contributed by atoms with Crippen molar-refractivity contribution in [2.45, 2.75) is 26.7 Å². The molecule has 0 saturated carbocycles. The first-order valence-electron chi connectivity index (χ1n) is 10.1. The molecule has 3 aromatic carbocycles. The fourth-order valence-corrected chi connectivity index (χ4v) is 2.96. The van der Waals surface area contributed by atoms with Gasteiger partial charge in [-0.25, -0.2) is 9.59 Å². The van der Waals surface area contributed by atoms with Gasteiger partial charge in [0.15, 0.2) is 6.29 Å². The zero-order chi connectivity index (χ0) is 22.9. The molecule has 0 saturated heterocycles. The zero-order valence-corrected chi connectivity index (χ0v) is 18.7. The summed E-state index contributed by atoms with van der Waals surface area (Å²) >= 11 is 5.93. The average Bonchev–Trinajstić information content (AvgIpc) is 2.76. The Bertz CT molecular complexity index is 976. The maximum Gasteiger partial charge on any atom is 0.321 e. The van der Waals surface area contributed by atoms with Gasteiger partial charge in [-0.1, -0.05) is 59.1 Å². The van der Waals surface area contributed by atoms with Crippen LogP contribution in [0, 0.1) is 13.8 Å². The highest BCUT2D eigenvalue weighted by atomic mass is 35.5. The normalized spacial score (nSPS) is 10.5. The number of rotatable bonds is 7. The predicted molar refractivity (Wildman–Crippen MR) is 129 cm³/mol. The molecule has 5 N–H and O–H groups in total. The van der Waals surface area contributed by atoms with E-state index in [1.165, 1.54) is 0 Å². The maximum absolute atomic E-state index is 12.5. The fraction of sp³-hybridized carbons (Fsp3) is 0.167. The summed E-state index contributed by atoms with van der Waals surface area (Å²) in [7, 11) is 0.